The van der Waals surface area contributed by atoms with Crippen molar-refractivity contribution in [2.24, 2.45) is 0 Å². The van der Waals surface area contributed by atoms with E-state index in [-0.39, 0.29) is 0 Å². The van der Waals surface area contributed by atoms with E-state index < -0.39 is 0 Å². The second kappa shape index (κ2) is 6.22. The Bertz CT molecular complexity index is 624. The molecule has 0 unspecified atom stereocenters. The molecule has 1 N–H and O–H groups in total. The monoisotopic (exact) mass is 282 g/mol. The summed E-state index contributed by atoms with van der Waals surface area (Å²) in [6, 6.07) is 8.61. The number of nitrogens with zero attached hydrogens (tertiary/aromatic N) is 3. The highest BCUT2D eigenvalue weighted by atomic mass is 15.3. The van der Waals surface area contributed by atoms with Gasteiger partial charge in [-0.15, -0.1) is 0 Å². The molecule has 0 aliphatic carbocycles. The van der Waals surface area contributed by atoms with E-state index >= 15 is 0 Å². The molecule has 1 aliphatic rings. The van der Waals surface area contributed by atoms with Crippen molar-refractivity contribution >= 4 is 11.6 Å². The van der Waals surface area contributed by atoms with E-state index in [1.54, 1.807) is 0 Å². The van der Waals surface area contributed by atoms with Crippen LogP contribution in [0.4, 0.5) is 11.6 Å². The third-order valence-electron chi connectivity index (χ3n) is 4.04. The van der Waals surface area contributed by atoms with Crippen LogP contribution in [-0.4, -0.2) is 23.6 Å². The maximum absolute atomic E-state index is 4.73. The van der Waals surface area contributed by atoms with Crippen molar-refractivity contribution in [3.8, 4) is 0 Å². The van der Waals surface area contributed by atoms with Crippen LogP contribution in [0.5, 0.6) is 0 Å². The Labute approximate surface area is 126 Å². The highest BCUT2D eigenvalue weighted by Crippen LogP contribution is 2.30. The minimum absolute atomic E-state index is 0.808. The second-order valence-electron chi connectivity index (χ2n) is 5.55. The minimum Gasteiger partial charge on any atom is -0.316 e. The molecule has 2 heterocycles. The van der Waals surface area contributed by atoms with Gasteiger partial charge in [-0.25, -0.2) is 9.97 Å². The van der Waals surface area contributed by atoms with E-state index in [4.69, 9.17) is 4.98 Å². The summed E-state index contributed by atoms with van der Waals surface area (Å²) < 4.78 is 0. The lowest BCUT2D eigenvalue weighted by atomic mass is 10.1. The van der Waals surface area contributed by atoms with Crippen LogP contribution in [0, 0.1) is 6.92 Å². The third-order valence-corrected chi connectivity index (χ3v) is 4.04. The zero-order chi connectivity index (χ0) is 14.7. The fourth-order valence-electron chi connectivity index (χ4n) is 2.87. The summed E-state index contributed by atoms with van der Waals surface area (Å²) in [5, 5.41) is 3.16. The van der Waals surface area contributed by atoms with Gasteiger partial charge in [0.15, 0.2) is 0 Å². The molecular weight excluding hydrogens is 260 g/mol. The number of anilines is 2. The summed E-state index contributed by atoms with van der Waals surface area (Å²) >= 11 is 0. The summed E-state index contributed by atoms with van der Waals surface area (Å²) in [6.45, 7) is 3.85. The van der Waals surface area contributed by atoms with Crippen LogP contribution < -0.4 is 10.2 Å². The first-order valence-corrected chi connectivity index (χ1v) is 7.62. The molecule has 1 aromatic carbocycles. The Morgan fingerprint density at radius 3 is 2.90 bits per heavy atom. The van der Waals surface area contributed by atoms with Gasteiger partial charge in [-0.1, -0.05) is 18.2 Å². The Balaban J connectivity index is 1.98. The molecule has 0 radical (unpaired) electrons. The molecule has 0 fully saturated rings. The lowest BCUT2D eigenvalue weighted by molar-refractivity contribution is 0.747. The predicted molar refractivity (Wildman–Crippen MR) is 85.9 cm³/mol. The topological polar surface area (TPSA) is 41.1 Å². The molecule has 0 bridgehead atoms. The summed E-state index contributed by atoms with van der Waals surface area (Å²) in [5.41, 5.74) is 4.87. The molecule has 2 aromatic rings. The number of aryl methyl sites for hydroxylation is 2. The number of hydrogen-bond donors (Lipinski definition) is 1. The molecule has 1 aliphatic heterocycles. The molecule has 4 nitrogen and oxygen atoms in total. The van der Waals surface area contributed by atoms with Crippen molar-refractivity contribution < 1.29 is 0 Å². The van der Waals surface area contributed by atoms with E-state index in [0.717, 1.165) is 36.7 Å². The molecule has 4 heteroatoms. The molecule has 3 rings (SSSR count). The minimum atomic E-state index is 0.808. The molecule has 21 heavy (non-hydrogen) atoms. The normalized spacial score (nSPS) is 14.7. The number of rotatable bonds is 3. The Kier molecular flexibility index (Phi) is 4.15. The fourth-order valence-corrected chi connectivity index (χ4v) is 2.87. The van der Waals surface area contributed by atoms with Crippen LogP contribution in [0.2, 0.25) is 0 Å². The van der Waals surface area contributed by atoms with E-state index in [2.05, 4.69) is 46.4 Å². The van der Waals surface area contributed by atoms with Crippen LogP contribution in [0.25, 0.3) is 0 Å². The molecule has 0 saturated heterocycles. The molecule has 0 saturated carbocycles. The van der Waals surface area contributed by atoms with Crippen LogP contribution >= 0.6 is 0 Å². The number of benzene rings is 1. The van der Waals surface area contributed by atoms with E-state index in [9.17, 15) is 0 Å². The second-order valence-corrected chi connectivity index (χ2v) is 5.55. The van der Waals surface area contributed by atoms with Gasteiger partial charge in [0, 0.05) is 36.2 Å². The summed E-state index contributed by atoms with van der Waals surface area (Å²) in [5.74, 6) is 0.821. The highest BCUT2D eigenvalue weighted by molar-refractivity contribution is 5.62. The SMILES string of the molecule is CNCc1cnc(N2CCCCc3ccccc32)nc1C. The van der Waals surface area contributed by atoms with Gasteiger partial charge >= 0.3 is 0 Å². The van der Waals surface area contributed by atoms with Gasteiger partial charge in [0.2, 0.25) is 5.95 Å². The smallest absolute Gasteiger partial charge is 0.230 e. The standard InChI is InChI=1S/C17H22N4/c1-13-15(11-18-2)12-19-17(20-13)21-10-6-5-8-14-7-3-4-9-16(14)21/h3-4,7,9,12,18H,5-6,8,10-11H2,1-2H3. The third kappa shape index (κ3) is 2.90. The zero-order valence-corrected chi connectivity index (χ0v) is 12.8. The summed E-state index contributed by atoms with van der Waals surface area (Å²) in [7, 11) is 1.94. The first-order chi connectivity index (χ1) is 10.3. The van der Waals surface area contributed by atoms with Gasteiger partial charge in [0.1, 0.15) is 0 Å². The molecule has 0 atom stereocenters. The first-order valence-electron chi connectivity index (χ1n) is 7.62. The number of hydrogen-bond acceptors (Lipinski definition) is 4. The molecule has 0 amide bonds. The van der Waals surface area contributed by atoms with Crippen LogP contribution in [0.3, 0.4) is 0 Å². The maximum atomic E-state index is 4.73. The predicted octanol–water partition coefficient (Wildman–Crippen LogP) is 2.98. The number of aromatic nitrogens is 2. The number of fused-ring (bicyclic) bond motifs is 1. The Morgan fingerprint density at radius 1 is 1.24 bits per heavy atom. The van der Waals surface area contributed by atoms with E-state index in [0.29, 0.717) is 0 Å². The van der Waals surface area contributed by atoms with Gasteiger partial charge in [-0.2, -0.15) is 0 Å². The molecular formula is C17H22N4. The van der Waals surface area contributed by atoms with Crippen LogP contribution in [0.15, 0.2) is 30.5 Å². The first kappa shape index (κ1) is 14.0. The van der Waals surface area contributed by atoms with Crippen molar-refractivity contribution in [3.63, 3.8) is 0 Å². The van der Waals surface area contributed by atoms with Gasteiger partial charge in [-0.05, 0) is 44.9 Å². The Morgan fingerprint density at radius 2 is 2.10 bits per heavy atom. The highest BCUT2D eigenvalue weighted by Gasteiger charge is 2.18. The molecule has 0 spiro atoms. The summed E-state index contributed by atoms with van der Waals surface area (Å²) in [4.78, 5) is 11.6. The number of nitrogens with one attached hydrogen (secondary N) is 1. The quantitative estimate of drug-likeness (QED) is 0.939. The largest absolute Gasteiger partial charge is 0.316 e. The van der Waals surface area contributed by atoms with Crippen LogP contribution in [-0.2, 0) is 13.0 Å². The van der Waals surface area contributed by atoms with Gasteiger partial charge in [0.05, 0.1) is 0 Å². The van der Waals surface area contributed by atoms with Gasteiger partial charge in [0.25, 0.3) is 0 Å². The van der Waals surface area contributed by atoms with Crippen molar-refractivity contribution in [2.75, 3.05) is 18.5 Å². The van der Waals surface area contributed by atoms with Crippen molar-refractivity contribution in [1.82, 2.24) is 15.3 Å². The molecule has 1 aromatic heterocycles. The summed E-state index contributed by atoms with van der Waals surface area (Å²) in [6.07, 6.45) is 5.49. The van der Waals surface area contributed by atoms with Crippen LogP contribution in [0.1, 0.15) is 29.7 Å². The van der Waals surface area contributed by atoms with Gasteiger partial charge < -0.3 is 10.2 Å². The fraction of sp³-hybridized carbons (Fsp3) is 0.412. The average Bonchev–Trinajstić information content (AvgIpc) is 2.72. The molecule has 110 valence electrons. The number of para-hydroxylation sites is 1. The zero-order valence-electron chi connectivity index (χ0n) is 12.8. The lowest BCUT2D eigenvalue weighted by Gasteiger charge is -2.23. The van der Waals surface area contributed by atoms with Crippen molar-refractivity contribution in [1.29, 1.82) is 0 Å². The van der Waals surface area contributed by atoms with E-state index in [1.807, 2.05) is 13.2 Å². The lowest BCUT2D eigenvalue weighted by Crippen LogP contribution is -2.21. The van der Waals surface area contributed by atoms with Crippen molar-refractivity contribution in [3.05, 3.63) is 47.3 Å². The average molecular weight is 282 g/mol. The van der Waals surface area contributed by atoms with Gasteiger partial charge in [-0.3, -0.25) is 0 Å². The maximum Gasteiger partial charge on any atom is 0.230 e. The van der Waals surface area contributed by atoms with Crippen molar-refractivity contribution in [2.45, 2.75) is 32.7 Å². The van der Waals surface area contributed by atoms with E-state index in [1.165, 1.54) is 24.1 Å². The Hall–Kier alpha value is -1.94.